The third-order valence-corrected chi connectivity index (χ3v) is 9.92. The molecule has 2 amide bonds. The summed E-state index contributed by atoms with van der Waals surface area (Å²) in [5.74, 6) is 0.684. The number of fused-ring (bicyclic) bond motifs is 2. The molecule has 0 saturated carbocycles. The maximum Gasteiger partial charge on any atom is 0.319 e. The van der Waals surface area contributed by atoms with Gasteiger partial charge >= 0.3 is 6.03 Å². The molecule has 0 aliphatic carbocycles. The van der Waals surface area contributed by atoms with Crippen LogP contribution in [-0.2, 0) is 20.2 Å². The zero-order valence-corrected chi connectivity index (χ0v) is 27.7. The van der Waals surface area contributed by atoms with Crippen molar-refractivity contribution in [3.63, 3.8) is 0 Å². The Morgan fingerprint density at radius 3 is 2.21 bits per heavy atom. The number of carbonyl (C=O) groups is 1. The molecule has 1 heterocycles. The molecule has 1 aliphatic rings. The molecular weight excluding hydrogens is 663 g/mol. The normalized spacial score (nSPS) is 13.2. The molecule has 15 heteroatoms. The number of benzene rings is 4. The number of urea groups is 1. The van der Waals surface area contributed by atoms with Crippen LogP contribution >= 0.6 is 0 Å². The third-order valence-electron chi connectivity index (χ3n) is 7.88. The second kappa shape index (κ2) is 13.0. The van der Waals surface area contributed by atoms with E-state index >= 15 is 0 Å². The number of hydrogen-bond acceptors (Lipinski definition) is 9. The minimum Gasteiger partial charge on any atom is -0.456 e. The first-order valence-electron chi connectivity index (χ1n) is 14.5. The lowest BCUT2D eigenvalue weighted by molar-refractivity contribution is 0.0965. The molecule has 1 atom stereocenters. The van der Waals surface area contributed by atoms with E-state index in [0.29, 0.717) is 44.3 Å². The second-order valence-corrected chi connectivity index (χ2v) is 14.0. The van der Waals surface area contributed by atoms with Crippen molar-refractivity contribution in [1.29, 1.82) is 0 Å². The van der Waals surface area contributed by atoms with Crippen molar-refractivity contribution in [1.82, 2.24) is 5.32 Å². The van der Waals surface area contributed by atoms with Gasteiger partial charge in [-0.25, -0.2) is 4.79 Å². The highest BCUT2D eigenvalue weighted by molar-refractivity contribution is 7.86. The van der Waals surface area contributed by atoms with E-state index in [2.05, 4.69) is 22.5 Å². The maximum atomic E-state index is 12.6. The molecule has 4 aromatic carbocycles. The van der Waals surface area contributed by atoms with Crippen LogP contribution in [0.4, 0.5) is 21.9 Å². The van der Waals surface area contributed by atoms with Crippen LogP contribution in [-0.4, -0.2) is 61.4 Å². The van der Waals surface area contributed by atoms with E-state index in [1.165, 1.54) is 26.0 Å². The minimum absolute atomic E-state index is 0.0713. The Morgan fingerprint density at radius 2 is 1.54 bits per heavy atom. The van der Waals surface area contributed by atoms with Gasteiger partial charge in [0.2, 0.25) is 0 Å². The smallest absolute Gasteiger partial charge is 0.319 e. The molecule has 0 radical (unpaired) electrons. The summed E-state index contributed by atoms with van der Waals surface area (Å²) in [6.07, 6.45) is -1.21. The fourth-order valence-electron chi connectivity index (χ4n) is 5.74. The van der Waals surface area contributed by atoms with Crippen molar-refractivity contribution >= 4 is 55.5 Å². The predicted octanol–water partition coefficient (Wildman–Crippen LogP) is 3.09. The zero-order valence-electron chi connectivity index (χ0n) is 26.0. The van der Waals surface area contributed by atoms with Gasteiger partial charge in [0.1, 0.15) is 21.3 Å². The van der Waals surface area contributed by atoms with Gasteiger partial charge in [-0.3, -0.25) is 9.11 Å². The van der Waals surface area contributed by atoms with E-state index in [-0.39, 0.29) is 39.5 Å². The lowest BCUT2D eigenvalue weighted by atomic mass is 9.92. The van der Waals surface area contributed by atoms with Crippen molar-refractivity contribution in [2.24, 2.45) is 0 Å². The van der Waals surface area contributed by atoms with Gasteiger partial charge in [-0.1, -0.05) is 36.9 Å². The van der Waals surface area contributed by atoms with E-state index in [1.807, 2.05) is 0 Å². The highest BCUT2D eigenvalue weighted by atomic mass is 32.2. The molecule has 1 aliphatic heterocycles. The summed E-state index contributed by atoms with van der Waals surface area (Å²) < 4.78 is 76.3. The number of anilines is 3. The van der Waals surface area contributed by atoms with E-state index in [0.717, 1.165) is 0 Å². The quantitative estimate of drug-likeness (QED) is 0.111. The number of nitrogens with one attached hydrogen (secondary N) is 3. The highest BCUT2D eigenvalue weighted by Gasteiger charge is 2.28. The van der Waals surface area contributed by atoms with Crippen LogP contribution in [0.2, 0.25) is 0 Å². The zero-order chi connectivity index (χ0) is 35.1. The number of ether oxygens (including phenoxy) is 1. The fourth-order valence-corrected chi connectivity index (χ4v) is 7.41. The molecule has 7 N–H and O–H groups in total. The summed E-state index contributed by atoms with van der Waals surface area (Å²) in [5, 5.41) is 28.0. The van der Waals surface area contributed by atoms with E-state index < -0.39 is 43.9 Å². The van der Waals surface area contributed by atoms with Gasteiger partial charge in [-0.15, -0.1) is 0 Å². The average molecular weight is 696 g/mol. The summed E-state index contributed by atoms with van der Waals surface area (Å²) >= 11 is 0. The average Bonchev–Trinajstić information content (AvgIpc) is 3.01. The van der Waals surface area contributed by atoms with Crippen molar-refractivity contribution in [3.05, 3.63) is 98.9 Å². The molecule has 1 unspecified atom stereocenters. The standard InChI is InChI=1S/C33H33N3O10S2/c1-17-9-11-23-26(13-17)46-27-14-21(10-12-24(27)29(23)25-7-5-6-8-28(25)47(40,41)42)35-30-18(2)31(36-33(39)34-15-22(38)16-37)20(4)32(19(30)3)48(43,44)45/h5-14,22,35,37-38H,1,15-16H2,2-4H3,(H2,34,36,39)(H,40,41,42)(H,43,44,45). The number of carbonyl (C=O) groups excluding carboxylic acids is 1. The van der Waals surface area contributed by atoms with Gasteiger partial charge in [0, 0.05) is 45.9 Å². The van der Waals surface area contributed by atoms with E-state index in [9.17, 15) is 35.8 Å². The topological polar surface area (TPSA) is 212 Å². The molecule has 0 spiro atoms. The second-order valence-electron chi connectivity index (χ2n) is 11.2. The van der Waals surface area contributed by atoms with Gasteiger partial charge < -0.3 is 30.9 Å². The van der Waals surface area contributed by atoms with Crippen molar-refractivity contribution < 1.29 is 45.7 Å². The SMILES string of the molecule is C=c1ccc2c(c1)Oc1cc(Nc3c(C)c(NC(=O)NCC(O)CO)c(C)c(S(=O)(=O)O)c3C)ccc1C=2c1ccccc1S(=O)(=O)O. The first-order valence-corrected chi connectivity index (χ1v) is 17.3. The Labute approximate surface area is 276 Å². The number of rotatable bonds is 9. The van der Waals surface area contributed by atoms with Gasteiger partial charge in [-0.2, -0.15) is 16.8 Å². The van der Waals surface area contributed by atoms with Gasteiger partial charge in [0.15, 0.2) is 0 Å². The minimum atomic E-state index is -4.78. The molecule has 0 aromatic heterocycles. The summed E-state index contributed by atoms with van der Waals surface area (Å²) in [7, 11) is -9.39. The molecule has 5 rings (SSSR count). The van der Waals surface area contributed by atoms with Crippen LogP contribution < -0.4 is 31.1 Å². The fraction of sp³-hybridized carbons (Fsp3) is 0.182. The van der Waals surface area contributed by atoms with E-state index in [1.54, 1.807) is 55.5 Å². The van der Waals surface area contributed by atoms with Crippen molar-refractivity contribution in [2.45, 2.75) is 36.7 Å². The van der Waals surface area contributed by atoms with Gasteiger partial charge in [-0.05, 0) is 66.9 Å². The van der Waals surface area contributed by atoms with Gasteiger partial charge in [0.25, 0.3) is 20.2 Å². The molecule has 48 heavy (non-hydrogen) atoms. The first-order chi connectivity index (χ1) is 22.5. The largest absolute Gasteiger partial charge is 0.456 e. The van der Waals surface area contributed by atoms with Crippen molar-refractivity contribution in [3.8, 4) is 11.5 Å². The Morgan fingerprint density at radius 1 is 0.854 bits per heavy atom. The van der Waals surface area contributed by atoms with Crippen LogP contribution in [0.1, 0.15) is 27.8 Å². The van der Waals surface area contributed by atoms with Crippen LogP contribution in [0.5, 0.6) is 11.5 Å². The van der Waals surface area contributed by atoms with Crippen molar-refractivity contribution in [2.75, 3.05) is 23.8 Å². The summed E-state index contributed by atoms with van der Waals surface area (Å²) in [5.41, 5.74) is 2.60. The van der Waals surface area contributed by atoms with Crippen LogP contribution in [0.25, 0.3) is 12.2 Å². The Bertz CT molecular complexity index is 2310. The lowest BCUT2D eigenvalue weighted by Crippen LogP contribution is -2.37. The molecule has 4 aromatic rings. The Hall–Kier alpha value is -4.77. The lowest BCUT2D eigenvalue weighted by Gasteiger charge is -2.25. The molecule has 0 bridgehead atoms. The highest BCUT2D eigenvalue weighted by Crippen LogP contribution is 2.42. The third kappa shape index (κ3) is 6.78. The molecule has 0 saturated heterocycles. The maximum absolute atomic E-state index is 12.6. The summed E-state index contributed by atoms with van der Waals surface area (Å²) in [6, 6.07) is 15.4. The number of amides is 2. The summed E-state index contributed by atoms with van der Waals surface area (Å²) in [6.45, 7) is 7.65. The molecule has 0 fully saturated rings. The molecule has 13 nitrogen and oxygen atoms in total. The molecular formula is C33H33N3O10S2. The number of hydrogen-bond donors (Lipinski definition) is 7. The van der Waals surface area contributed by atoms with Crippen LogP contribution in [0.3, 0.4) is 0 Å². The monoisotopic (exact) mass is 695 g/mol. The summed E-state index contributed by atoms with van der Waals surface area (Å²) in [4.78, 5) is 11.9. The van der Waals surface area contributed by atoms with Crippen LogP contribution in [0, 0.1) is 20.8 Å². The van der Waals surface area contributed by atoms with Gasteiger partial charge in [0.05, 0.1) is 18.4 Å². The molecule has 252 valence electrons. The Balaban J connectivity index is 1.64. The number of aliphatic hydroxyl groups excluding tert-OH is 2. The number of aliphatic hydroxyl groups is 2. The Kier molecular flexibility index (Phi) is 9.38. The predicted molar refractivity (Wildman–Crippen MR) is 179 cm³/mol. The first kappa shape index (κ1) is 34.6. The van der Waals surface area contributed by atoms with E-state index in [4.69, 9.17) is 9.84 Å². The van der Waals surface area contributed by atoms with Crippen LogP contribution in [0.15, 0.2) is 70.5 Å².